The second-order valence-corrected chi connectivity index (χ2v) is 7.93. The Morgan fingerprint density at radius 3 is 2.50 bits per heavy atom. The highest BCUT2D eigenvalue weighted by Gasteiger charge is 2.16. The predicted molar refractivity (Wildman–Crippen MR) is 103 cm³/mol. The molecule has 0 fully saturated rings. The van der Waals surface area contributed by atoms with E-state index in [4.69, 9.17) is 0 Å². The molecule has 4 nitrogen and oxygen atoms in total. The van der Waals surface area contributed by atoms with Crippen molar-refractivity contribution in [3.8, 4) is 0 Å². The molecule has 6 heteroatoms. The first-order valence-electron chi connectivity index (χ1n) is 8.54. The maximum absolute atomic E-state index is 12.7. The molecule has 0 aliphatic rings. The predicted octanol–water partition coefficient (Wildman–Crippen LogP) is 4.64. The lowest BCUT2D eigenvalue weighted by Gasteiger charge is -2.11. The van der Waals surface area contributed by atoms with Crippen LogP contribution in [0.25, 0.3) is 10.9 Å². The van der Waals surface area contributed by atoms with Gasteiger partial charge in [0.05, 0.1) is 22.8 Å². The molecule has 136 valence electrons. The number of rotatable bonds is 7. The molecule has 3 aromatic rings. The molecule has 26 heavy (non-hydrogen) atoms. The monoisotopic (exact) mass is 372 g/mol. The quantitative estimate of drug-likeness (QED) is 0.615. The largest absolute Gasteiger partial charge is 0.277 e. The van der Waals surface area contributed by atoms with Crippen molar-refractivity contribution in [3.63, 3.8) is 0 Å². The molecule has 0 bridgehead atoms. The number of hydrogen-bond acceptors (Lipinski definition) is 3. The van der Waals surface area contributed by atoms with Crippen molar-refractivity contribution in [3.05, 3.63) is 65.9 Å². The minimum atomic E-state index is -3.69. The number of nitrogens with one attached hydrogen (secondary N) is 1. The summed E-state index contributed by atoms with van der Waals surface area (Å²) in [6.45, 7) is 1.57. The molecular weight excluding hydrogens is 351 g/mol. The minimum Gasteiger partial charge on any atom is -0.277 e. The second kappa shape index (κ2) is 7.83. The van der Waals surface area contributed by atoms with E-state index in [1.807, 2.05) is 25.1 Å². The Kier molecular flexibility index (Phi) is 5.52. The van der Waals surface area contributed by atoms with Crippen molar-refractivity contribution in [1.29, 1.82) is 0 Å². The van der Waals surface area contributed by atoms with Gasteiger partial charge in [0.1, 0.15) is 0 Å². The van der Waals surface area contributed by atoms with Gasteiger partial charge in [0.25, 0.3) is 10.0 Å². The van der Waals surface area contributed by atoms with Gasteiger partial charge in [-0.1, -0.05) is 35.9 Å². The van der Waals surface area contributed by atoms with E-state index in [0.717, 1.165) is 16.6 Å². The van der Waals surface area contributed by atoms with Crippen LogP contribution in [0.5, 0.6) is 0 Å². The molecule has 1 heterocycles. The number of fused-ring (bicyclic) bond motifs is 1. The van der Waals surface area contributed by atoms with Crippen LogP contribution >= 0.6 is 0 Å². The fraction of sp³-hybridized carbons (Fsp3) is 0.250. The number of unbranched alkanes of at least 4 members (excludes halogenated alkanes) is 1. The van der Waals surface area contributed by atoms with E-state index in [-0.39, 0.29) is 11.6 Å². The fourth-order valence-corrected chi connectivity index (χ4v) is 3.80. The molecule has 0 atom stereocenters. The molecule has 0 unspecified atom stereocenters. The maximum Gasteiger partial charge on any atom is 0.261 e. The molecular formula is C20H21FN2O2S. The van der Waals surface area contributed by atoms with Gasteiger partial charge < -0.3 is 0 Å². The number of benzene rings is 2. The van der Waals surface area contributed by atoms with Gasteiger partial charge in [-0.15, -0.1) is 0 Å². The van der Waals surface area contributed by atoms with E-state index in [1.165, 1.54) is 0 Å². The minimum absolute atomic E-state index is 0.208. The molecule has 0 aliphatic carbocycles. The van der Waals surface area contributed by atoms with E-state index in [0.29, 0.717) is 30.5 Å². The summed E-state index contributed by atoms with van der Waals surface area (Å²) in [6.07, 6.45) is 1.88. The third kappa shape index (κ3) is 4.19. The van der Waals surface area contributed by atoms with Crippen LogP contribution in [0.4, 0.5) is 10.1 Å². The molecule has 0 aliphatic heterocycles. The molecule has 0 saturated heterocycles. The van der Waals surface area contributed by atoms with Gasteiger partial charge in [0, 0.05) is 11.1 Å². The number of nitrogens with zero attached hydrogens (tertiary/aromatic N) is 1. The normalized spacial score (nSPS) is 11.6. The number of anilines is 1. The molecule has 0 saturated carbocycles. The van der Waals surface area contributed by atoms with Gasteiger partial charge in [0.2, 0.25) is 0 Å². The zero-order chi connectivity index (χ0) is 18.6. The Morgan fingerprint density at radius 2 is 1.77 bits per heavy atom. The number of para-hydroxylation sites is 1. The SMILES string of the molecule is Cc1ccc(S(=O)(=O)Nc2cccc3ccc(CCCCF)nc23)cc1. The highest BCUT2D eigenvalue weighted by atomic mass is 32.2. The van der Waals surface area contributed by atoms with Crippen LogP contribution < -0.4 is 4.72 Å². The number of sulfonamides is 1. The first kappa shape index (κ1) is 18.3. The van der Waals surface area contributed by atoms with Crippen LogP contribution in [0.15, 0.2) is 59.5 Å². The summed E-state index contributed by atoms with van der Waals surface area (Å²) < 4.78 is 40.3. The number of aromatic nitrogens is 1. The lowest BCUT2D eigenvalue weighted by Crippen LogP contribution is -2.13. The number of halogens is 1. The third-order valence-corrected chi connectivity index (χ3v) is 5.55. The Balaban J connectivity index is 1.93. The first-order chi connectivity index (χ1) is 12.5. The summed E-state index contributed by atoms with van der Waals surface area (Å²) >= 11 is 0. The van der Waals surface area contributed by atoms with Crippen molar-refractivity contribution in [2.24, 2.45) is 0 Å². The van der Waals surface area contributed by atoms with Crippen LogP contribution in [0.1, 0.15) is 24.1 Å². The Labute approximate surface area is 153 Å². The van der Waals surface area contributed by atoms with Gasteiger partial charge in [-0.05, 0) is 50.5 Å². The fourth-order valence-electron chi connectivity index (χ4n) is 2.73. The van der Waals surface area contributed by atoms with E-state index >= 15 is 0 Å². The van der Waals surface area contributed by atoms with E-state index < -0.39 is 10.0 Å². The van der Waals surface area contributed by atoms with Crippen LogP contribution in [0.2, 0.25) is 0 Å². The Bertz CT molecular complexity index is 1000. The average molecular weight is 372 g/mol. The van der Waals surface area contributed by atoms with E-state index in [2.05, 4.69) is 9.71 Å². The molecule has 2 aromatic carbocycles. The highest BCUT2D eigenvalue weighted by Crippen LogP contribution is 2.25. The molecule has 1 N–H and O–H groups in total. The molecule has 3 rings (SSSR count). The molecule has 0 radical (unpaired) electrons. The standard InChI is InChI=1S/C20H21FN2O2S/c1-15-8-12-18(13-9-15)26(24,25)23-19-7-4-5-16-10-11-17(22-20(16)19)6-2-3-14-21/h4-5,7-13,23H,2-3,6,14H2,1H3. The molecule has 0 amide bonds. The first-order valence-corrected chi connectivity index (χ1v) is 10.0. The maximum atomic E-state index is 12.7. The zero-order valence-corrected chi connectivity index (χ0v) is 15.4. The van der Waals surface area contributed by atoms with Gasteiger partial charge in [0.15, 0.2) is 0 Å². The number of pyridine rings is 1. The number of aryl methyl sites for hydroxylation is 2. The lowest BCUT2D eigenvalue weighted by atomic mass is 10.1. The van der Waals surface area contributed by atoms with Crippen LogP contribution in [-0.2, 0) is 16.4 Å². The molecule has 0 spiro atoms. The second-order valence-electron chi connectivity index (χ2n) is 6.24. The van der Waals surface area contributed by atoms with Crippen molar-refractivity contribution >= 4 is 26.6 Å². The topological polar surface area (TPSA) is 59.1 Å². The summed E-state index contributed by atoms with van der Waals surface area (Å²) in [5, 5.41) is 0.850. The van der Waals surface area contributed by atoms with Crippen molar-refractivity contribution in [1.82, 2.24) is 4.98 Å². The third-order valence-electron chi connectivity index (χ3n) is 4.17. The van der Waals surface area contributed by atoms with Crippen LogP contribution in [0, 0.1) is 6.92 Å². The van der Waals surface area contributed by atoms with Gasteiger partial charge in [-0.3, -0.25) is 14.1 Å². The summed E-state index contributed by atoms with van der Waals surface area (Å²) in [5.74, 6) is 0. The van der Waals surface area contributed by atoms with Crippen molar-refractivity contribution in [2.45, 2.75) is 31.1 Å². The van der Waals surface area contributed by atoms with Gasteiger partial charge in [-0.25, -0.2) is 8.42 Å². The summed E-state index contributed by atoms with van der Waals surface area (Å²) in [7, 11) is -3.69. The Hall–Kier alpha value is -2.47. The summed E-state index contributed by atoms with van der Waals surface area (Å²) in [5.41, 5.74) is 2.86. The van der Waals surface area contributed by atoms with Gasteiger partial charge >= 0.3 is 0 Å². The van der Waals surface area contributed by atoms with Crippen LogP contribution in [-0.4, -0.2) is 20.1 Å². The smallest absolute Gasteiger partial charge is 0.261 e. The van der Waals surface area contributed by atoms with Crippen molar-refractivity contribution in [2.75, 3.05) is 11.4 Å². The van der Waals surface area contributed by atoms with Crippen molar-refractivity contribution < 1.29 is 12.8 Å². The van der Waals surface area contributed by atoms with Crippen LogP contribution in [0.3, 0.4) is 0 Å². The molecule has 1 aromatic heterocycles. The lowest BCUT2D eigenvalue weighted by molar-refractivity contribution is 0.461. The van der Waals surface area contributed by atoms with E-state index in [1.54, 1.807) is 36.4 Å². The Morgan fingerprint density at radius 1 is 1.00 bits per heavy atom. The number of hydrogen-bond donors (Lipinski definition) is 1. The highest BCUT2D eigenvalue weighted by molar-refractivity contribution is 7.92. The zero-order valence-electron chi connectivity index (χ0n) is 14.6. The summed E-state index contributed by atoms with van der Waals surface area (Å²) in [4.78, 5) is 4.80. The summed E-state index contributed by atoms with van der Waals surface area (Å²) in [6, 6.07) is 15.9. The number of alkyl halides is 1. The van der Waals surface area contributed by atoms with Gasteiger partial charge in [-0.2, -0.15) is 0 Å². The average Bonchev–Trinajstić information content (AvgIpc) is 2.62. The van der Waals surface area contributed by atoms with E-state index in [9.17, 15) is 12.8 Å².